The number of carbonyl (C=O) groups is 2. The molecule has 1 aromatic carbocycles. The Balaban J connectivity index is 0.000000509. The number of carboxylic acid groups (broad SMARTS) is 1. The zero-order valence-electron chi connectivity index (χ0n) is 19.4. The van der Waals surface area contributed by atoms with E-state index >= 15 is 0 Å². The van der Waals surface area contributed by atoms with Gasteiger partial charge in [0.05, 0.1) is 4.90 Å². The molecule has 12 heteroatoms. The molecule has 0 atom stereocenters. The summed E-state index contributed by atoms with van der Waals surface area (Å²) in [7, 11) is -3.61. The summed E-state index contributed by atoms with van der Waals surface area (Å²) in [5.74, 6) is -2.71. The van der Waals surface area contributed by atoms with E-state index in [0.29, 0.717) is 18.0 Å². The van der Waals surface area contributed by atoms with Gasteiger partial charge in [-0.25, -0.2) is 13.2 Å². The highest BCUT2D eigenvalue weighted by atomic mass is 32.2. The molecule has 1 amide bonds. The van der Waals surface area contributed by atoms with Gasteiger partial charge in [-0.05, 0) is 43.9 Å². The van der Waals surface area contributed by atoms with Crippen molar-refractivity contribution in [2.45, 2.75) is 63.1 Å². The average molecular weight is 508 g/mol. The molecule has 0 aromatic heterocycles. The zero-order valence-corrected chi connectivity index (χ0v) is 20.2. The summed E-state index contributed by atoms with van der Waals surface area (Å²) in [6, 6.07) is 5.55. The number of sulfonamides is 1. The summed E-state index contributed by atoms with van der Waals surface area (Å²) in [6.45, 7) is 7.02. The van der Waals surface area contributed by atoms with Crippen LogP contribution < -0.4 is 5.32 Å². The van der Waals surface area contributed by atoms with E-state index in [1.807, 2.05) is 30.9 Å². The second kappa shape index (κ2) is 12.0. The number of halogens is 3. The lowest BCUT2D eigenvalue weighted by molar-refractivity contribution is -0.192. The van der Waals surface area contributed by atoms with Gasteiger partial charge in [0.1, 0.15) is 0 Å². The van der Waals surface area contributed by atoms with E-state index in [0.717, 1.165) is 49.9 Å². The van der Waals surface area contributed by atoms with Gasteiger partial charge in [-0.3, -0.25) is 4.79 Å². The van der Waals surface area contributed by atoms with Crippen LogP contribution in [0.5, 0.6) is 0 Å². The highest BCUT2D eigenvalue weighted by Gasteiger charge is 2.38. The number of hydrogen-bond acceptors (Lipinski definition) is 5. The molecule has 1 aliphatic carbocycles. The lowest BCUT2D eigenvalue weighted by atomic mass is 10.2. The standard InChI is InChI=1S/C20H31N3O3S.C2HF3O2/c1-16-7-8-17(2)19(15-16)27(25,26)23(18-5-3-4-6-18)12-9-20(24)22-13-10-21-11-14-22;3-2(4,5)1(6)7/h7-8,15,18,21H,3-6,9-14H2,1-2H3;(H,6,7). The van der Waals surface area contributed by atoms with E-state index in [1.165, 1.54) is 0 Å². The molecule has 0 bridgehead atoms. The third kappa shape index (κ3) is 7.67. The van der Waals surface area contributed by atoms with Crippen molar-refractivity contribution >= 4 is 21.9 Å². The summed E-state index contributed by atoms with van der Waals surface area (Å²) >= 11 is 0. The Labute approximate surface area is 198 Å². The molecule has 1 aromatic rings. The number of aryl methyl sites for hydroxylation is 2. The molecule has 1 saturated carbocycles. The Morgan fingerprint density at radius 1 is 1.15 bits per heavy atom. The maximum Gasteiger partial charge on any atom is 0.490 e. The van der Waals surface area contributed by atoms with Crippen LogP contribution in [-0.4, -0.2) is 79.5 Å². The van der Waals surface area contributed by atoms with Crippen LogP contribution in [0.15, 0.2) is 23.1 Å². The fourth-order valence-electron chi connectivity index (χ4n) is 4.08. The fourth-order valence-corrected chi connectivity index (χ4v) is 6.08. The number of benzene rings is 1. The number of nitrogens with one attached hydrogen (secondary N) is 1. The van der Waals surface area contributed by atoms with Crippen molar-refractivity contribution < 1.29 is 36.3 Å². The number of hydrogen-bond donors (Lipinski definition) is 2. The molecule has 1 aliphatic heterocycles. The minimum atomic E-state index is -5.08. The summed E-state index contributed by atoms with van der Waals surface area (Å²) < 4.78 is 60.3. The first-order chi connectivity index (χ1) is 15.8. The van der Waals surface area contributed by atoms with E-state index in [1.54, 1.807) is 10.4 Å². The van der Waals surface area contributed by atoms with E-state index in [4.69, 9.17) is 9.90 Å². The number of carboxylic acids is 1. The Morgan fingerprint density at radius 2 is 1.71 bits per heavy atom. The van der Waals surface area contributed by atoms with Crippen LogP contribution in [0.25, 0.3) is 0 Å². The zero-order chi connectivity index (χ0) is 25.5. The van der Waals surface area contributed by atoms with Gasteiger partial charge in [0, 0.05) is 45.2 Å². The monoisotopic (exact) mass is 507 g/mol. The van der Waals surface area contributed by atoms with Crippen LogP contribution in [0.3, 0.4) is 0 Å². The summed E-state index contributed by atoms with van der Waals surface area (Å²) in [5, 5.41) is 10.4. The Bertz CT molecular complexity index is 957. The minimum Gasteiger partial charge on any atom is -0.475 e. The van der Waals surface area contributed by atoms with E-state index in [-0.39, 0.29) is 24.9 Å². The second-order valence-corrected chi connectivity index (χ2v) is 10.4. The van der Waals surface area contributed by atoms with E-state index in [2.05, 4.69) is 5.32 Å². The first-order valence-electron chi connectivity index (χ1n) is 11.2. The molecular weight excluding hydrogens is 475 g/mol. The van der Waals surface area contributed by atoms with E-state index < -0.39 is 22.2 Å². The fraction of sp³-hybridized carbons (Fsp3) is 0.636. The van der Waals surface area contributed by atoms with Gasteiger partial charge < -0.3 is 15.3 Å². The number of piperazine rings is 1. The molecule has 8 nitrogen and oxygen atoms in total. The SMILES string of the molecule is Cc1ccc(C)c(S(=O)(=O)N(CCC(=O)N2CCNCC2)C2CCCC2)c1.O=C(O)C(F)(F)F. The maximum atomic E-state index is 13.5. The molecule has 192 valence electrons. The van der Waals surface area contributed by atoms with Gasteiger partial charge in [-0.15, -0.1) is 0 Å². The molecule has 0 unspecified atom stereocenters. The summed E-state index contributed by atoms with van der Waals surface area (Å²) in [5.41, 5.74) is 1.69. The third-order valence-corrected chi connectivity index (χ3v) is 8.01. The molecule has 2 aliphatic rings. The first kappa shape index (κ1) is 28.1. The second-order valence-electron chi connectivity index (χ2n) is 8.51. The van der Waals surface area contributed by atoms with Crippen molar-refractivity contribution in [1.82, 2.24) is 14.5 Å². The van der Waals surface area contributed by atoms with Crippen LogP contribution in [0.2, 0.25) is 0 Å². The largest absolute Gasteiger partial charge is 0.490 e. The molecule has 2 N–H and O–H groups in total. The van der Waals surface area contributed by atoms with Gasteiger partial charge in [0.2, 0.25) is 15.9 Å². The van der Waals surface area contributed by atoms with Gasteiger partial charge >= 0.3 is 12.1 Å². The van der Waals surface area contributed by atoms with Crippen molar-refractivity contribution in [2.75, 3.05) is 32.7 Å². The van der Waals surface area contributed by atoms with Gasteiger partial charge in [-0.2, -0.15) is 17.5 Å². The molecular formula is C22H32F3N3O5S. The highest BCUT2D eigenvalue weighted by Crippen LogP contribution is 2.30. The molecule has 2 fully saturated rings. The topological polar surface area (TPSA) is 107 Å². The van der Waals surface area contributed by atoms with Crippen LogP contribution in [0.4, 0.5) is 13.2 Å². The predicted molar refractivity (Wildman–Crippen MR) is 120 cm³/mol. The number of amides is 1. The van der Waals surface area contributed by atoms with Crippen molar-refractivity contribution in [3.05, 3.63) is 29.3 Å². The minimum absolute atomic E-state index is 0.00531. The quantitative estimate of drug-likeness (QED) is 0.613. The molecule has 1 heterocycles. The van der Waals surface area contributed by atoms with Crippen molar-refractivity contribution in [3.63, 3.8) is 0 Å². The Kier molecular flexibility index (Phi) is 9.89. The van der Waals surface area contributed by atoms with Crippen molar-refractivity contribution in [3.8, 4) is 0 Å². The number of nitrogens with zero attached hydrogens (tertiary/aromatic N) is 2. The number of carbonyl (C=O) groups excluding carboxylic acids is 1. The Morgan fingerprint density at radius 3 is 2.24 bits per heavy atom. The lowest BCUT2D eigenvalue weighted by Gasteiger charge is -2.31. The van der Waals surface area contributed by atoms with Crippen LogP contribution in [0, 0.1) is 13.8 Å². The van der Waals surface area contributed by atoms with Crippen LogP contribution in [-0.2, 0) is 19.6 Å². The summed E-state index contributed by atoms with van der Waals surface area (Å²) in [6.07, 6.45) is -0.969. The highest BCUT2D eigenvalue weighted by molar-refractivity contribution is 7.89. The molecule has 0 spiro atoms. The predicted octanol–water partition coefficient (Wildman–Crippen LogP) is 2.69. The lowest BCUT2D eigenvalue weighted by Crippen LogP contribution is -2.48. The van der Waals surface area contributed by atoms with Crippen molar-refractivity contribution in [2.24, 2.45) is 0 Å². The average Bonchev–Trinajstić information content (AvgIpc) is 3.30. The Hall–Kier alpha value is -2.18. The van der Waals surface area contributed by atoms with Gasteiger partial charge in [0.15, 0.2) is 0 Å². The number of rotatable bonds is 6. The molecule has 3 rings (SSSR count). The van der Waals surface area contributed by atoms with Gasteiger partial charge in [0.25, 0.3) is 0 Å². The van der Waals surface area contributed by atoms with Gasteiger partial charge in [-0.1, -0.05) is 25.0 Å². The summed E-state index contributed by atoms with van der Waals surface area (Å²) in [4.78, 5) is 23.7. The molecule has 1 saturated heterocycles. The number of aliphatic carboxylic acids is 1. The molecule has 34 heavy (non-hydrogen) atoms. The third-order valence-electron chi connectivity index (χ3n) is 5.92. The first-order valence-corrected chi connectivity index (χ1v) is 12.7. The normalized spacial score (nSPS) is 17.4. The van der Waals surface area contributed by atoms with E-state index in [9.17, 15) is 26.4 Å². The van der Waals surface area contributed by atoms with Crippen LogP contribution in [0.1, 0.15) is 43.2 Å². The smallest absolute Gasteiger partial charge is 0.475 e. The number of alkyl halides is 3. The van der Waals surface area contributed by atoms with Crippen LogP contribution >= 0.6 is 0 Å². The maximum absolute atomic E-state index is 13.5. The molecule has 0 radical (unpaired) electrons. The van der Waals surface area contributed by atoms with Crippen molar-refractivity contribution in [1.29, 1.82) is 0 Å².